The highest BCUT2D eigenvalue weighted by atomic mass is 32.1. The van der Waals surface area contributed by atoms with E-state index in [1.54, 1.807) is 18.3 Å². The van der Waals surface area contributed by atoms with E-state index in [2.05, 4.69) is 4.98 Å². The van der Waals surface area contributed by atoms with Gasteiger partial charge in [-0.25, -0.2) is 4.98 Å². The smallest absolute Gasteiger partial charge is 0.278 e. The Morgan fingerprint density at radius 2 is 1.73 bits per heavy atom. The van der Waals surface area contributed by atoms with Crippen LogP contribution in [0.4, 0.5) is 0 Å². The Morgan fingerprint density at radius 1 is 1.00 bits per heavy atom. The molecule has 0 amide bonds. The zero-order valence-electron chi connectivity index (χ0n) is 11.8. The molecule has 0 bridgehead atoms. The van der Waals surface area contributed by atoms with E-state index in [9.17, 15) is 5.11 Å². The molecule has 3 aromatic rings. The molecule has 0 aliphatic heterocycles. The third-order valence-corrected chi connectivity index (χ3v) is 3.68. The number of aliphatic hydroxyl groups is 1. The maximum absolute atomic E-state index is 10.1. The number of hydrogen-bond acceptors (Lipinski definition) is 5. The van der Waals surface area contributed by atoms with Crippen LogP contribution in [0, 0.1) is 0 Å². The summed E-state index contributed by atoms with van der Waals surface area (Å²) in [6.07, 6.45) is 1.05. The van der Waals surface area contributed by atoms with Crippen molar-refractivity contribution in [2.45, 2.75) is 6.10 Å². The molecule has 5 heteroatoms. The van der Waals surface area contributed by atoms with Gasteiger partial charge in [-0.1, -0.05) is 41.7 Å². The van der Waals surface area contributed by atoms with Crippen LogP contribution in [-0.2, 0) is 0 Å². The maximum atomic E-state index is 10.1. The van der Waals surface area contributed by atoms with Crippen LogP contribution in [0.25, 0.3) is 0 Å². The molecule has 0 unspecified atom stereocenters. The fraction of sp³-hybridized carbons (Fsp3) is 0.118. The molecule has 3 rings (SSSR count). The minimum Gasteiger partial charge on any atom is -0.491 e. The molecule has 1 N–H and O–H groups in total. The van der Waals surface area contributed by atoms with E-state index in [4.69, 9.17) is 9.47 Å². The van der Waals surface area contributed by atoms with Gasteiger partial charge in [-0.05, 0) is 29.8 Å². The molecule has 1 aromatic heterocycles. The van der Waals surface area contributed by atoms with Crippen LogP contribution >= 0.6 is 11.3 Å². The lowest BCUT2D eigenvalue weighted by Crippen LogP contribution is -2.09. The van der Waals surface area contributed by atoms with E-state index in [1.807, 2.05) is 47.8 Å². The SMILES string of the molecule is O[C@H](COc1ccc(Oc2nccs2)cc1)c1ccccc1. The van der Waals surface area contributed by atoms with Gasteiger partial charge in [-0.3, -0.25) is 0 Å². The number of thiazole rings is 1. The van der Waals surface area contributed by atoms with E-state index < -0.39 is 6.10 Å². The number of hydrogen-bond donors (Lipinski definition) is 1. The molecule has 1 atom stereocenters. The van der Waals surface area contributed by atoms with Gasteiger partial charge in [-0.2, -0.15) is 0 Å². The summed E-state index contributed by atoms with van der Waals surface area (Å²) < 4.78 is 11.2. The van der Waals surface area contributed by atoms with Crippen molar-refractivity contribution < 1.29 is 14.6 Å². The van der Waals surface area contributed by atoms with Gasteiger partial charge in [0.15, 0.2) is 0 Å². The van der Waals surface area contributed by atoms with Crippen molar-refractivity contribution in [1.82, 2.24) is 4.98 Å². The van der Waals surface area contributed by atoms with Gasteiger partial charge in [0.1, 0.15) is 24.2 Å². The summed E-state index contributed by atoms with van der Waals surface area (Å²) in [4.78, 5) is 4.06. The first-order valence-electron chi connectivity index (χ1n) is 6.84. The first kappa shape index (κ1) is 14.6. The lowest BCUT2D eigenvalue weighted by molar-refractivity contribution is 0.108. The average Bonchev–Trinajstić information content (AvgIpc) is 3.08. The van der Waals surface area contributed by atoms with E-state index in [-0.39, 0.29) is 6.61 Å². The van der Waals surface area contributed by atoms with Crippen LogP contribution in [-0.4, -0.2) is 16.7 Å². The predicted octanol–water partition coefficient (Wildman–Crippen LogP) is 4.05. The third-order valence-electron chi connectivity index (χ3n) is 3.03. The zero-order valence-corrected chi connectivity index (χ0v) is 12.6. The molecule has 0 radical (unpaired) electrons. The van der Waals surface area contributed by atoms with E-state index in [0.717, 1.165) is 5.56 Å². The van der Waals surface area contributed by atoms with Gasteiger partial charge in [0.05, 0.1) is 0 Å². The summed E-state index contributed by atoms with van der Waals surface area (Å²) in [5.41, 5.74) is 0.839. The van der Waals surface area contributed by atoms with Crippen molar-refractivity contribution in [3.8, 4) is 16.7 Å². The average molecular weight is 313 g/mol. The Labute approximate surface area is 132 Å². The lowest BCUT2D eigenvalue weighted by Gasteiger charge is -2.12. The number of benzene rings is 2. The molecule has 0 aliphatic carbocycles. The number of nitrogens with zero attached hydrogens (tertiary/aromatic N) is 1. The Hall–Kier alpha value is -2.37. The number of aliphatic hydroxyl groups excluding tert-OH is 1. The van der Waals surface area contributed by atoms with Crippen molar-refractivity contribution in [2.24, 2.45) is 0 Å². The Bertz CT molecular complexity index is 684. The van der Waals surface area contributed by atoms with Crippen molar-refractivity contribution >= 4 is 11.3 Å². The molecular formula is C17H15NO3S. The number of rotatable bonds is 6. The molecule has 22 heavy (non-hydrogen) atoms. The molecular weight excluding hydrogens is 298 g/mol. The minimum absolute atomic E-state index is 0.205. The summed E-state index contributed by atoms with van der Waals surface area (Å²) in [5, 5.41) is 12.5. The third kappa shape index (κ3) is 3.84. The molecule has 0 spiro atoms. The standard InChI is InChI=1S/C17H15NO3S/c19-16(13-4-2-1-3-5-13)12-20-14-6-8-15(9-7-14)21-17-18-10-11-22-17/h1-11,16,19H,12H2/t16-/m1/s1. The topological polar surface area (TPSA) is 51.6 Å². The summed E-state index contributed by atoms with van der Waals surface area (Å²) in [6.45, 7) is 0.205. The highest BCUT2D eigenvalue weighted by Gasteiger charge is 2.08. The maximum Gasteiger partial charge on any atom is 0.278 e. The predicted molar refractivity (Wildman–Crippen MR) is 85.5 cm³/mol. The molecule has 1 heterocycles. The molecule has 0 saturated carbocycles. The second kappa shape index (κ2) is 7.06. The van der Waals surface area contributed by atoms with Crippen LogP contribution in [0.1, 0.15) is 11.7 Å². The molecule has 112 valence electrons. The van der Waals surface area contributed by atoms with Crippen LogP contribution < -0.4 is 9.47 Å². The second-order valence-electron chi connectivity index (χ2n) is 4.61. The van der Waals surface area contributed by atoms with E-state index >= 15 is 0 Å². The quantitative estimate of drug-likeness (QED) is 0.746. The lowest BCUT2D eigenvalue weighted by atomic mass is 10.1. The number of ether oxygens (including phenoxy) is 2. The van der Waals surface area contributed by atoms with Gasteiger partial charge >= 0.3 is 0 Å². The first-order chi connectivity index (χ1) is 10.8. The molecule has 0 fully saturated rings. The van der Waals surface area contributed by atoms with Gasteiger partial charge in [0.25, 0.3) is 5.19 Å². The van der Waals surface area contributed by atoms with Crippen LogP contribution in [0.5, 0.6) is 16.7 Å². The summed E-state index contributed by atoms with van der Waals surface area (Å²) in [6, 6.07) is 16.7. The zero-order chi connectivity index (χ0) is 15.2. The Balaban J connectivity index is 1.55. The summed E-state index contributed by atoms with van der Waals surface area (Å²) in [7, 11) is 0. The van der Waals surface area contributed by atoms with Gasteiger partial charge in [0, 0.05) is 11.6 Å². The normalized spacial score (nSPS) is 11.9. The fourth-order valence-electron chi connectivity index (χ4n) is 1.91. The summed E-state index contributed by atoms with van der Waals surface area (Å²) in [5.74, 6) is 1.38. The van der Waals surface area contributed by atoms with Crippen LogP contribution in [0.2, 0.25) is 0 Å². The highest BCUT2D eigenvalue weighted by Crippen LogP contribution is 2.25. The fourth-order valence-corrected chi connectivity index (χ4v) is 2.42. The van der Waals surface area contributed by atoms with Gasteiger partial charge in [0.2, 0.25) is 0 Å². The molecule has 0 saturated heterocycles. The van der Waals surface area contributed by atoms with Gasteiger partial charge in [-0.15, -0.1) is 0 Å². The summed E-state index contributed by atoms with van der Waals surface area (Å²) >= 11 is 1.44. The van der Waals surface area contributed by atoms with E-state index in [1.165, 1.54) is 11.3 Å². The van der Waals surface area contributed by atoms with Crippen LogP contribution in [0.15, 0.2) is 66.2 Å². The highest BCUT2D eigenvalue weighted by molar-refractivity contribution is 7.11. The van der Waals surface area contributed by atoms with Crippen LogP contribution in [0.3, 0.4) is 0 Å². The molecule has 4 nitrogen and oxygen atoms in total. The minimum atomic E-state index is -0.646. The Kier molecular flexibility index (Phi) is 4.68. The van der Waals surface area contributed by atoms with Crippen molar-refractivity contribution in [2.75, 3.05) is 6.61 Å². The van der Waals surface area contributed by atoms with Gasteiger partial charge < -0.3 is 14.6 Å². The van der Waals surface area contributed by atoms with Crippen molar-refractivity contribution in [3.63, 3.8) is 0 Å². The second-order valence-corrected chi connectivity index (χ2v) is 5.47. The van der Waals surface area contributed by atoms with Crippen molar-refractivity contribution in [1.29, 1.82) is 0 Å². The van der Waals surface area contributed by atoms with E-state index in [0.29, 0.717) is 16.7 Å². The Morgan fingerprint density at radius 3 is 2.41 bits per heavy atom. The number of aromatic nitrogens is 1. The first-order valence-corrected chi connectivity index (χ1v) is 7.72. The molecule has 0 aliphatic rings. The largest absolute Gasteiger partial charge is 0.491 e. The molecule has 2 aromatic carbocycles. The monoisotopic (exact) mass is 313 g/mol. The van der Waals surface area contributed by atoms with Crippen molar-refractivity contribution in [3.05, 3.63) is 71.7 Å².